The standard InChI is InChI=1S/C23H28Cl2N4O.2C21H25Cl2N3O.C20H25Cl2FN4O.C20H24Cl2N4O/c1-13-27-19(9-20(30)29(13)17-6-4-5-16(24)21(17)25)28-10-15-7-14-8-18(22(14,2)3)23(15,11-26)12-28;2*1-14-5-4-8-21(14)9-11-25(12-10-21)18-13-19(27)26(15(2)24-18)17-7-3-6-16(22)20(17)23;1-13(23)12-20(24)7-4-9-26(10-8-20)17-11-18(28)27(14(2)25-17)16-6-3-5-15(21)19(16)22;1-12-6-14-9-25(11-20(14,8-12)10-23)17-7-18(27)26(13(2)24-17)16-5-3-4-15(21)19(16)22/h4-6,9,14-15,18H,7-8,10-12,26H2,1-3H3;2*3,6-7,13-14H,4-5,8-12H2,1-2H3;3,5-6,11,13H,4,7-10,12,24H2,1-2H3;3-5,7,12,14H,6,8-11,23H2,1-2H3/t;2*14-;13?,20-;12?,14?,20-/m.0010/s1. The molecule has 11 aliphatic rings. The molecule has 11 atom stereocenters. The lowest BCUT2D eigenvalue weighted by atomic mass is 9.38. The average molecular weight is 2090 g/mol. The molecular weight excluding hydrogens is 1970 g/mol. The SMILES string of the molecule is Cc1nc(N2CC3CC(C)C[C@]3(CN)C2)cc(=O)n1-c1cccc(Cl)c1Cl.Cc1nc(N2CC3CC4CC(C4(C)C)C3(CN)C2)cc(=O)n1-c1cccc(Cl)c1Cl.Cc1nc(N2CCC3(CCC[C@@H]3C)CC2)cc(=O)n1-c1cccc(Cl)c1Cl.Cc1nc(N2CCC3(CCC[C@@H]3C)CC2)cc(=O)n1-c1cccc(Cl)c1Cl.Cc1nc(N2CCC[C@](N)(CC(C)F)CC2)cc(=O)n1-c1cccc(Cl)c1Cl. The van der Waals surface area contributed by atoms with Crippen molar-refractivity contribution in [2.75, 3.05) is 103 Å². The molecule has 34 heteroatoms. The van der Waals surface area contributed by atoms with E-state index in [-0.39, 0.29) is 38.6 Å². The summed E-state index contributed by atoms with van der Waals surface area (Å²) in [6.07, 6.45) is 19.4. The van der Waals surface area contributed by atoms with Gasteiger partial charge in [-0.1, -0.05) is 207 Å². The number of aromatic nitrogens is 10. The number of fused-ring (bicyclic) bond motifs is 1. The van der Waals surface area contributed by atoms with Gasteiger partial charge < -0.3 is 41.7 Å². The zero-order chi connectivity index (χ0) is 99.6. The van der Waals surface area contributed by atoms with E-state index in [1.165, 1.54) is 112 Å². The maximum absolute atomic E-state index is 13.5. The Morgan fingerprint density at radius 1 is 0.396 bits per heavy atom. The summed E-state index contributed by atoms with van der Waals surface area (Å²) in [6.45, 7) is 32.8. The quantitative estimate of drug-likeness (QED) is 0.0913. The van der Waals surface area contributed by atoms with Crippen LogP contribution in [0.2, 0.25) is 50.2 Å². The van der Waals surface area contributed by atoms with Crippen LogP contribution in [-0.4, -0.2) is 138 Å². The summed E-state index contributed by atoms with van der Waals surface area (Å²) in [4.78, 5) is 99.2. The summed E-state index contributed by atoms with van der Waals surface area (Å²) in [6, 6.07) is 34.2. The Morgan fingerprint density at radius 2 is 0.719 bits per heavy atom. The van der Waals surface area contributed by atoms with Crippen molar-refractivity contribution in [3.63, 3.8) is 0 Å². The molecular formula is C105H127Cl10FN18O5. The van der Waals surface area contributed by atoms with Gasteiger partial charge >= 0.3 is 0 Å². The molecule has 6 aliphatic carbocycles. The van der Waals surface area contributed by atoms with E-state index in [1.807, 2.05) is 27.7 Å². The van der Waals surface area contributed by atoms with Gasteiger partial charge in [0.25, 0.3) is 27.8 Å². The van der Waals surface area contributed by atoms with E-state index < -0.39 is 11.7 Å². The molecule has 10 heterocycles. The second-order valence-corrected chi connectivity index (χ2v) is 45.7. The fraction of sp³-hybridized carbons (Fsp3) is 0.524. The molecule has 744 valence electrons. The summed E-state index contributed by atoms with van der Waals surface area (Å²) >= 11 is 62.2. The molecule has 11 fully saturated rings. The topological polar surface area (TPSA) is 269 Å². The van der Waals surface area contributed by atoms with Crippen LogP contribution in [0.3, 0.4) is 0 Å². The second kappa shape index (κ2) is 42.1. The van der Waals surface area contributed by atoms with Gasteiger partial charge in [-0.2, -0.15) is 0 Å². The fourth-order valence-electron chi connectivity index (χ4n) is 25.5. The minimum Gasteiger partial charge on any atom is -0.356 e. The lowest BCUT2D eigenvalue weighted by molar-refractivity contribution is -0.167. The van der Waals surface area contributed by atoms with Crippen LogP contribution in [-0.2, 0) is 0 Å². The van der Waals surface area contributed by atoms with Gasteiger partial charge in [0.05, 0.1) is 84.8 Å². The Morgan fingerprint density at radius 3 is 1.02 bits per heavy atom. The van der Waals surface area contributed by atoms with Gasteiger partial charge in [0.2, 0.25) is 0 Å². The van der Waals surface area contributed by atoms with Gasteiger partial charge in [-0.25, -0.2) is 29.3 Å². The van der Waals surface area contributed by atoms with Crippen LogP contribution < -0.4 is 69.5 Å². The Kier molecular flexibility index (Phi) is 31.5. The normalized spacial score (nSPS) is 24.8. The third-order valence-electron chi connectivity index (χ3n) is 33.3. The highest BCUT2D eigenvalue weighted by molar-refractivity contribution is 6.45. The first kappa shape index (κ1) is 104. The zero-order valence-electron chi connectivity index (χ0n) is 81.0. The maximum atomic E-state index is 13.5. The van der Waals surface area contributed by atoms with E-state index >= 15 is 0 Å². The van der Waals surface area contributed by atoms with Crippen molar-refractivity contribution in [1.82, 2.24) is 47.8 Å². The van der Waals surface area contributed by atoms with Gasteiger partial charge in [0.1, 0.15) is 58.2 Å². The molecule has 0 amide bonds. The number of hydrogen-bond donors (Lipinski definition) is 3. The van der Waals surface area contributed by atoms with Crippen LogP contribution in [0.5, 0.6) is 0 Å². The highest BCUT2D eigenvalue weighted by Gasteiger charge is 2.67. The lowest BCUT2D eigenvalue weighted by Crippen LogP contribution is -2.63. The first-order valence-electron chi connectivity index (χ1n) is 48.9. The summed E-state index contributed by atoms with van der Waals surface area (Å²) in [5.41, 5.74) is 22.1. The van der Waals surface area contributed by atoms with Crippen molar-refractivity contribution >= 4 is 145 Å². The van der Waals surface area contributed by atoms with Gasteiger partial charge in [0, 0.05) is 119 Å². The smallest absolute Gasteiger partial charge is 0.260 e. The van der Waals surface area contributed by atoms with Gasteiger partial charge in [-0.3, -0.25) is 46.8 Å². The van der Waals surface area contributed by atoms with Crippen molar-refractivity contribution in [3.8, 4) is 28.4 Å². The number of alkyl halides is 1. The molecule has 6 N–H and O–H groups in total. The maximum Gasteiger partial charge on any atom is 0.260 e. The summed E-state index contributed by atoms with van der Waals surface area (Å²) in [7, 11) is 0. The minimum atomic E-state index is -0.928. The highest BCUT2D eigenvalue weighted by atomic mass is 35.5. The number of benzene rings is 5. The van der Waals surface area contributed by atoms with Crippen molar-refractivity contribution < 1.29 is 4.39 Å². The van der Waals surface area contributed by atoms with Crippen LogP contribution >= 0.6 is 116 Å². The van der Waals surface area contributed by atoms with E-state index in [9.17, 15) is 28.4 Å². The third kappa shape index (κ3) is 20.7. The monoisotopic (exact) mass is 2090 g/mol. The number of piperidine rings is 2. The lowest BCUT2D eigenvalue weighted by Gasteiger charge is -2.66. The number of nitrogens with zero attached hydrogens (tertiary/aromatic N) is 15. The van der Waals surface area contributed by atoms with Crippen molar-refractivity contribution in [3.05, 3.63) is 252 Å². The van der Waals surface area contributed by atoms with E-state index in [1.54, 1.807) is 129 Å². The summed E-state index contributed by atoms with van der Waals surface area (Å²) < 4.78 is 21.0. The number of rotatable bonds is 14. The van der Waals surface area contributed by atoms with E-state index in [4.69, 9.17) is 153 Å². The van der Waals surface area contributed by atoms with Crippen molar-refractivity contribution in [2.24, 2.45) is 85.7 Å². The number of anilines is 5. The molecule has 139 heavy (non-hydrogen) atoms. The first-order chi connectivity index (χ1) is 66.0. The minimum absolute atomic E-state index is 0.124. The predicted octanol–water partition coefficient (Wildman–Crippen LogP) is 22.7. The van der Waals surface area contributed by atoms with Crippen LogP contribution in [0.1, 0.15) is 186 Å². The Balaban J connectivity index is 0.000000126. The Labute approximate surface area is 863 Å². The number of halogens is 11. The molecule has 23 nitrogen and oxygen atoms in total. The van der Waals surface area contributed by atoms with E-state index in [0.29, 0.717) is 186 Å². The largest absolute Gasteiger partial charge is 0.356 e. The molecule has 6 saturated carbocycles. The molecule has 5 aromatic heterocycles. The Bertz CT molecular complexity index is 6420. The Hall–Kier alpha value is -7.79. The van der Waals surface area contributed by atoms with Gasteiger partial charge in [-0.15, -0.1) is 0 Å². The molecule has 0 radical (unpaired) electrons. The highest BCUT2D eigenvalue weighted by Crippen LogP contribution is 2.69. The first-order valence-corrected chi connectivity index (χ1v) is 52.7. The van der Waals surface area contributed by atoms with Crippen molar-refractivity contribution in [1.29, 1.82) is 0 Å². The molecule has 10 aromatic rings. The molecule has 2 bridgehead atoms. The molecule has 21 rings (SSSR count). The second-order valence-electron chi connectivity index (χ2n) is 41.8. The zero-order valence-corrected chi connectivity index (χ0v) is 88.6. The van der Waals surface area contributed by atoms with Crippen LogP contribution in [0.4, 0.5) is 33.5 Å². The molecule has 2 spiro atoms. The number of aryl methyl sites for hydroxylation is 5. The number of nitrogens with two attached hydrogens (primary N) is 3. The summed E-state index contributed by atoms with van der Waals surface area (Å²) in [5.74, 6) is 11.5. The van der Waals surface area contributed by atoms with Crippen LogP contribution in [0.15, 0.2) is 145 Å². The van der Waals surface area contributed by atoms with Gasteiger partial charge in [-0.05, 0) is 256 Å². The predicted molar refractivity (Wildman–Crippen MR) is 568 cm³/mol. The van der Waals surface area contributed by atoms with Crippen LogP contribution in [0.25, 0.3) is 28.4 Å². The van der Waals surface area contributed by atoms with Crippen molar-refractivity contribution in [2.45, 2.75) is 203 Å². The molecule has 7 unspecified atom stereocenters. The van der Waals surface area contributed by atoms with E-state index in [0.717, 1.165) is 119 Å². The molecule has 5 saturated heterocycles. The van der Waals surface area contributed by atoms with Gasteiger partial charge in [0.15, 0.2) is 0 Å². The number of hydrogen-bond acceptors (Lipinski definition) is 18. The van der Waals surface area contributed by atoms with Crippen LogP contribution in [0, 0.1) is 103 Å². The third-order valence-corrected chi connectivity index (χ3v) is 37.3. The molecule has 5 aliphatic heterocycles. The van der Waals surface area contributed by atoms with E-state index in [2.05, 4.69) is 64.1 Å². The summed E-state index contributed by atoms with van der Waals surface area (Å²) in [5, 5.41) is 3.82. The fourth-order valence-corrected chi connectivity index (χ4v) is 27.4. The molecule has 5 aromatic carbocycles. The average Bonchev–Trinajstić information content (AvgIpc) is 1.58.